The molecule has 3 nitrogen and oxygen atoms in total. The maximum atomic E-state index is 10.1. The van der Waals surface area contributed by atoms with E-state index in [2.05, 4.69) is 5.32 Å². The predicted molar refractivity (Wildman–Crippen MR) is 30.7 cm³/mol. The summed E-state index contributed by atoms with van der Waals surface area (Å²) in [5.74, 6) is -1.15. The second kappa shape index (κ2) is 2.35. The standard InChI is InChI=1S/C6H6NO2/c8-6(9)5-3-1-2-4-7-5/h2-4,7H,1H2. The van der Waals surface area contributed by atoms with Crippen molar-refractivity contribution in [2.75, 3.05) is 0 Å². The molecule has 0 saturated carbocycles. The minimum absolute atomic E-state index is 0.150. The topological polar surface area (TPSA) is 49.0 Å². The van der Waals surface area contributed by atoms with Gasteiger partial charge in [0.25, 0.3) is 0 Å². The van der Waals surface area contributed by atoms with Gasteiger partial charge < -0.3 is 5.32 Å². The predicted octanol–water partition coefficient (Wildman–Crippen LogP) is 0.334. The smallest absolute Gasteiger partial charge is 0.356 e. The van der Waals surface area contributed by atoms with Gasteiger partial charge in [-0.3, -0.25) is 0 Å². The van der Waals surface area contributed by atoms with Crippen molar-refractivity contribution in [3.63, 3.8) is 0 Å². The molecule has 0 spiro atoms. The van der Waals surface area contributed by atoms with Crippen LogP contribution >= 0.6 is 0 Å². The number of dihydropyridines is 1. The highest BCUT2D eigenvalue weighted by molar-refractivity contribution is 5.85. The fraction of sp³-hybridized carbons (Fsp3) is 0.167. The Balaban J connectivity index is 2.61. The quantitative estimate of drug-likeness (QED) is 0.547. The third kappa shape index (κ3) is 1.32. The maximum absolute atomic E-state index is 10.1. The van der Waals surface area contributed by atoms with Crippen LogP contribution in [0.3, 0.4) is 0 Å². The second-order valence-electron chi connectivity index (χ2n) is 1.69. The van der Waals surface area contributed by atoms with Gasteiger partial charge in [0.2, 0.25) is 0 Å². The molecule has 9 heavy (non-hydrogen) atoms. The van der Waals surface area contributed by atoms with E-state index in [4.69, 9.17) is 0 Å². The Morgan fingerprint density at radius 2 is 2.44 bits per heavy atom. The first-order valence-electron chi connectivity index (χ1n) is 2.64. The van der Waals surface area contributed by atoms with Gasteiger partial charge in [0.05, 0.1) is 0 Å². The van der Waals surface area contributed by atoms with E-state index in [1.807, 2.05) is 6.08 Å². The molecule has 0 aromatic heterocycles. The Morgan fingerprint density at radius 3 is 2.78 bits per heavy atom. The lowest BCUT2D eigenvalue weighted by molar-refractivity contribution is -0.138. The molecule has 1 N–H and O–H groups in total. The second-order valence-corrected chi connectivity index (χ2v) is 1.69. The van der Waals surface area contributed by atoms with Gasteiger partial charge in [-0.15, -0.1) is 0 Å². The Labute approximate surface area is 52.7 Å². The van der Waals surface area contributed by atoms with Gasteiger partial charge in [0.1, 0.15) is 5.70 Å². The van der Waals surface area contributed by atoms with Crippen LogP contribution in [-0.2, 0) is 9.90 Å². The minimum atomic E-state index is -1.15. The molecule has 1 radical (unpaired) electrons. The van der Waals surface area contributed by atoms with Crippen molar-refractivity contribution in [3.8, 4) is 0 Å². The van der Waals surface area contributed by atoms with Gasteiger partial charge >= 0.3 is 5.97 Å². The number of hydrogen-bond acceptors (Lipinski definition) is 2. The molecule has 47 valence electrons. The SMILES string of the molecule is [O]C(=O)C1=CCC=CN1. The van der Waals surface area contributed by atoms with Gasteiger partial charge in [0.15, 0.2) is 0 Å². The van der Waals surface area contributed by atoms with Crippen LogP contribution in [-0.4, -0.2) is 5.97 Å². The molecule has 1 rings (SSSR count). The van der Waals surface area contributed by atoms with E-state index in [1.165, 1.54) is 0 Å². The fourth-order valence-electron chi connectivity index (χ4n) is 0.604. The van der Waals surface area contributed by atoms with E-state index in [0.717, 1.165) is 0 Å². The Morgan fingerprint density at radius 1 is 1.67 bits per heavy atom. The summed E-state index contributed by atoms with van der Waals surface area (Å²) in [6.45, 7) is 0. The number of allylic oxidation sites excluding steroid dienone is 2. The highest BCUT2D eigenvalue weighted by atomic mass is 16.4. The highest BCUT2D eigenvalue weighted by Gasteiger charge is 2.07. The van der Waals surface area contributed by atoms with Gasteiger partial charge in [-0.1, -0.05) is 6.08 Å². The third-order valence-electron chi connectivity index (χ3n) is 1.03. The molecular weight excluding hydrogens is 118 g/mol. The molecule has 1 aliphatic rings. The largest absolute Gasteiger partial charge is 0.402 e. The lowest BCUT2D eigenvalue weighted by Crippen LogP contribution is -2.15. The first-order valence-corrected chi connectivity index (χ1v) is 2.64. The average molecular weight is 124 g/mol. The lowest BCUT2D eigenvalue weighted by Gasteiger charge is -2.02. The van der Waals surface area contributed by atoms with Crippen LogP contribution in [0.2, 0.25) is 0 Å². The van der Waals surface area contributed by atoms with Gasteiger partial charge in [-0.2, -0.15) is 0 Å². The van der Waals surface area contributed by atoms with Gasteiger partial charge in [0, 0.05) is 0 Å². The Bertz CT molecular complexity index is 181. The summed E-state index contributed by atoms with van der Waals surface area (Å²) in [6, 6.07) is 0. The van der Waals surface area contributed by atoms with E-state index in [1.54, 1.807) is 12.3 Å². The zero-order valence-corrected chi connectivity index (χ0v) is 4.76. The van der Waals surface area contributed by atoms with Crippen LogP contribution in [0.15, 0.2) is 24.0 Å². The third-order valence-corrected chi connectivity index (χ3v) is 1.03. The normalized spacial score (nSPS) is 16.2. The molecule has 0 saturated heterocycles. The highest BCUT2D eigenvalue weighted by Crippen LogP contribution is 1.99. The van der Waals surface area contributed by atoms with Crippen LogP contribution in [0.1, 0.15) is 6.42 Å². The molecule has 0 aromatic carbocycles. The van der Waals surface area contributed by atoms with Crippen LogP contribution in [0, 0.1) is 0 Å². The summed E-state index contributed by atoms with van der Waals surface area (Å²) in [5, 5.41) is 12.6. The Kier molecular flexibility index (Phi) is 1.53. The summed E-state index contributed by atoms with van der Waals surface area (Å²) in [6.07, 6.45) is 5.64. The lowest BCUT2D eigenvalue weighted by atomic mass is 10.3. The molecule has 0 bridgehead atoms. The number of carbonyl (C=O) groups excluding carboxylic acids is 1. The number of carbonyl (C=O) groups is 1. The minimum Gasteiger partial charge on any atom is -0.356 e. The summed E-state index contributed by atoms with van der Waals surface area (Å²) < 4.78 is 0. The molecular formula is C6H6NO2. The molecule has 1 aliphatic heterocycles. The fourth-order valence-corrected chi connectivity index (χ4v) is 0.604. The molecule has 0 aliphatic carbocycles. The van der Waals surface area contributed by atoms with Gasteiger partial charge in [-0.25, -0.2) is 9.90 Å². The van der Waals surface area contributed by atoms with Crippen molar-refractivity contribution in [2.45, 2.75) is 6.42 Å². The number of hydrogen-bond donors (Lipinski definition) is 1. The van der Waals surface area contributed by atoms with Crippen molar-refractivity contribution < 1.29 is 9.90 Å². The van der Waals surface area contributed by atoms with Crippen LogP contribution < -0.4 is 5.32 Å². The van der Waals surface area contributed by atoms with Crippen molar-refractivity contribution in [1.82, 2.24) is 5.32 Å². The molecule has 0 unspecified atom stereocenters. The van der Waals surface area contributed by atoms with Crippen molar-refractivity contribution in [2.24, 2.45) is 0 Å². The van der Waals surface area contributed by atoms with Crippen LogP contribution in [0.5, 0.6) is 0 Å². The Hall–Kier alpha value is -1.25. The van der Waals surface area contributed by atoms with Crippen molar-refractivity contribution in [3.05, 3.63) is 24.0 Å². The van der Waals surface area contributed by atoms with Crippen molar-refractivity contribution in [1.29, 1.82) is 0 Å². The van der Waals surface area contributed by atoms with Crippen LogP contribution in [0.4, 0.5) is 0 Å². The average Bonchev–Trinajstić information content (AvgIpc) is 1.90. The summed E-state index contributed by atoms with van der Waals surface area (Å²) >= 11 is 0. The summed E-state index contributed by atoms with van der Waals surface area (Å²) in [5.41, 5.74) is 0.150. The first-order chi connectivity index (χ1) is 4.30. The molecule has 0 fully saturated rings. The van der Waals surface area contributed by atoms with E-state index in [-0.39, 0.29) is 5.70 Å². The molecule has 0 atom stereocenters. The summed E-state index contributed by atoms with van der Waals surface area (Å²) in [4.78, 5) is 10.1. The van der Waals surface area contributed by atoms with Gasteiger partial charge in [-0.05, 0) is 18.7 Å². The van der Waals surface area contributed by atoms with E-state index < -0.39 is 5.97 Å². The van der Waals surface area contributed by atoms with E-state index in [9.17, 15) is 9.90 Å². The van der Waals surface area contributed by atoms with Crippen LogP contribution in [0.25, 0.3) is 0 Å². The molecule has 1 heterocycles. The van der Waals surface area contributed by atoms with E-state index in [0.29, 0.717) is 6.42 Å². The van der Waals surface area contributed by atoms with Crippen molar-refractivity contribution >= 4 is 5.97 Å². The molecule has 0 aromatic rings. The number of rotatable bonds is 1. The first kappa shape index (κ1) is 5.88. The zero-order chi connectivity index (χ0) is 6.69. The molecule has 3 heteroatoms. The summed E-state index contributed by atoms with van der Waals surface area (Å²) in [7, 11) is 0. The zero-order valence-electron chi connectivity index (χ0n) is 4.76. The number of nitrogens with one attached hydrogen (secondary N) is 1. The monoisotopic (exact) mass is 124 g/mol. The maximum Gasteiger partial charge on any atom is 0.402 e. The molecule has 0 amide bonds. The van der Waals surface area contributed by atoms with E-state index >= 15 is 0 Å².